The number of hydrogen-bond acceptors (Lipinski definition) is 7. The summed E-state index contributed by atoms with van der Waals surface area (Å²) >= 11 is 0. The van der Waals surface area contributed by atoms with Gasteiger partial charge in [0.05, 0.1) is 15.9 Å². The van der Waals surface area contributed by atoms with E-state index in [1.54, 1.807) is 22.9 Å². The van der Waals surface area contributed by atoms with Crippen LogP contribution in [-0.2, 0) is 10.0 Å². The van der Waals surface area contributed by atoms with Gasteiger partial charge in [0, 0.05) is 56.4 Å². The van der Waals surface area contributed by atoms with E-state index in [-0.39, 0.29) is 5.92 Å². The van der Waals surface area contributed by atoms with Gasteiger partial charge in [0.15, 0.2) is 0 Å². The highest BCUT2D eigenvalue weighted by atomic mass is 32.2. The number of piperidine rings is 1. The zero-order chi connectivity index (χ0) is 27.7. The van der Waals surface area contributed by atoms with Gasteiger partial charge in [-0.2, -0.15) is 9.29 Å². The number of fused-ring (bicyclic) bond motifs is 2. The van der Waals surface area contributed by atoms with E-state index < -0.39 is 10.0 Å². The molecule has 2 aromatic heterocycles. The normalized spacial score (nSPS) is 16.4. The van der Waals surface area contributed by atoms with Gasteiger partial charge in [0.1, 0.15) is 12.1 Å². The second-order valence-corrected chi connectivity index (χ2v) is 12.4. The summed E-state index contributed by atoms with van der Waals surface area (Å²) in [5.41, 5.74) is 2.90. The maximum atomic E-state index is 13.8. The molecular formula is C30H33N7O2S. The summed E-state index contributed by atoms with van der Waals surface area (Å²) < 4.78 is 31.3. The lowest BCUT2D eigenvalue weighted by molar-refractivity contribution is 0.259. The Labute approximate surface area is 234 Å². The van der Waals surface area contributed by atoms with Gasteiger partial charge in [-0.15, -0.1) is 0 Å². The summed E-state index contributed by atoms with van der Waals surface area (Å²) in [7, 11) is 0.316. The van der Waals surface area contributed by atoms with Crippen LogP contribution in [0.15, 0.2) is 84.1 Å². The first kappa shape index (κ1) is 26.2. The summed E-state index contributed by atoms with van der Waals surface area (Å²) in [5.74, 6) is 1.54. The fraction of sp³-hybridized carbons (Fsp3) is 0.300. The van der Waals surface area contributed by atoms with Crippen molar-refractivity contribution in [1.29, 1.82) is 0 Å². The van der Waals surface area contributed by atoms with Crippen LogP contribution in [0.2, 0.25) is 0 Å². The molecule has 1 unspecified atom stereocenters. The standard InChI is InChI=1S/C30H33N7O2S/c1-35(2)26-13-5-10-24-23(26)9-6-14-28(24)40(38,39)36-19-7-8-22(20-36)15-17-31-30-32-18-16-29(34-30)37-21-33-25-11-3-4-12-27(25)37/h3-6,9-14,16,18,21-22H,7-8,15,17,19-20H2,1-2H3,(H,31,32,34). The van der Waals surface area contributed by atoms with Crippen LogP contribution < -0.4 is 10.2 Å². The Bertz CT molecular complexity index is 1770. The Morgan fingerprint density at radius 3 is 2.67 bits per heavy atom. The highest BCUT2D eigenvalue weighted by Gasteiger charge is 2.31. The predicted molar refractivity (Wildman–Crippen MR) is 160 cm³/mol. The molecule has 0 spiro atoms. The van der Waals surface area contributed by atoms with Crippen molar-refractivity contribution >= 4 is 43.5 Å². The summed E-state index contributed by atoms with van der Waals surface area (Å²) in [4.78, 5) is 15.9. The van der Waals surface area contributed by atoms with Crippen LogP contribution in [-0.4, -0.2) is 66.0 Å². The topological polar surface area (TPSA) is 96.2 Å². The number of anilines is 2. The van der Waals surface area contributed by atoms with Crippen molar-refractivity contribution in [3.05, 3.63) is 79.3 Å². The van der Waals surface area contributed by atoms with Gasteiger partial charge in [-0.3, -0.25) is 4.57 Å². The van der Waals surface area contributed by atoms with Crippen LogP contribution in [0, 0.1) is 5.92 Å². The fourth-order valence-electron chi connectivity index (χ4n) is 5.60. The summed E-state index contributed by atoms with van der Waals surface area (Å²) in [6.45, 7) is 1.71. The quantitative estimate of drug-likeness (QED) is 0.290. The Hall–Kier alpha value is -4.02. The minimum Gasteiger partial charge on any atom is -0.377 e. The summed E-state index contributed by atoms with van der Waals surface area (Å²) in [6.07, 6.45) is 6.17. The van der Waals surface area contributed by atoms with E-state index in [0.717, 1.165) is 52.6 Å². The van der Waals surface area contributed by atoms with E-state index in [1.165, 1.54) is 0 Å². The molecule has 0 amide bonds. The minimum atomic E-state index is -3.63. The molecule has 206 valence electrons. The van der Waals surface area contributed by atoms with Crippen LogP contribution in [0.4, 0.5) is 11.6 Å². The van der Waals surface area contributed by atoms with E-state index in [1.807, 2.05) is 84.2 Å². The van der Waals surface area contributed by atoms with Crippen LogP contribution >= 0.6 is 0 Å². The molecule has 0 aliphatic carbocycles. The van der Waals surface area contributed by atoms with E-state index in [2.05, 4.69) is 20.3 Å². The van der Waals surface area contributed by atoms with Crippen molar-refractivity contribution in [3.63, 3.8) is 0 Å². The molecule has 1 N–H and O–H groups in total. The minimum absolute atomic E-state index is 0.254. The number of para-hydroxylation sites is 2. The smallest absolute Gasteiger partial charge is 0.243 e. The van der Waals surface area contributed by atoms with Crippen molar-refractivity contribution in [2.75, 3.05) is 43.9 Å². The first-order valence-electron chi connectivity index (χ1n) is 13.6. The number of rotatable bonds is 8. The third kappa shape index (κ3) is 5.00. The Balaban J connectivity index is 1.13. The van der Waals surface area contributed by atoms with Gasteiger partial charge in [0.25, 0.3) is 0 Å². The number of hydrogen-bond donors (Lipinski definition) is 1. The van der Waals surface area contributed by atoms with Gasteiger partial charge in [0.2, 0.25) is 16.0 Å². The molecule has 1 aliphatic rings. The maximum absolute atomic E-state index is 13.8. The maximum Gasteiger partial charge on any atom is 0.243 e. The van der Waals surface area contributed by atoms with Crippen LogP contribution in [0.1, 0.15) is 19.3 Å². The van der Waals surface area contributed by atoms with Gasteiger partial charge in [-0.05, 0) is 55.5 Å². The van der Waals surface area contributed by atoms with Gasteiger partial charge >= 0.3 is 0 Å². The van der Waals surface area contributed by atoms with Crippen LogP contribution in [0.5, 0.6) is 0 Å². The van der Waals surface area contributed by atoms with Gasteiger partial charge in [-0.1, -0.05) is 36.4 Å². The predicted octanol–water partition coefficient (Wildman–Crippen LogP) is 4.94. The molecule has 5 aromatic rings. The fourth-order valence-corrected chi connectivity index (χ4v) is 7.36. The number of sulfonamides is 1. The lowest BCUT2D eigenvalue weighted by Crippen LogP contribution is -2.40. The largest absolute Gasteiger partial charge is 0.377 e. The Morgan fingerprint density at radius 1 is 0.975 bits per heavy atom. The van der Waals surface area contributed by atoms with E-state index in [0.29, 0.717) is 30.5 Å². The molecule has 3 aromatic carbocycles. The monoisotopic (exact) mass is 555 g/mol. The third-order valence-corrected chi connectivity index (χ3v) is 9.54. The van der Waals surface area contributed by atoms with E-state index in [9.17, 15) is 8.42 Å². The number of nitrogens with zero attached hydrogens (tertiary/aromatic N) is 6. The van der Waals surface area contributed by atoms with Crippen LogP contribution in [0.25, 0.3) is 27.6 Å². The van der Waals surface area contributed by atoms with Crippen molar-refractivity contribution < 1.29 is 8.42 Å². The molecule has 1 saturated heterocycles. The third-order valence-electron chi connectivity index (χ3n) is 7.62. The van der Waals surface area contributed by atoms with E-state index in [4.69, 9.17) is 0 Å². The average molecular weight is 556 g/mol. The number of imidazole rings is 1. The molecule has 10 heteroatoms. The number of benzene rings is 3. The van der Waals surface area contributed by atoms with Crippen molar-refractivity contribution in [2.24, 2.45) is 5.92 Å². The average Bonchev–Trinajstić information content (AvgIpc) is 3.41. The zero-order valence-electron chi connectivity index (χ0n) is 22.7. The molecule has 0 radical (unpaired) electrons. The Kier molecular flexibility index (Phi) is 7.12. The molecule has 1 atom stereocenters. The lowest BCUT2D eigenvalue weighted by Gasteiger charge is -2.32. The van der Waals surface area contributed by atoms with Crippen molar-refractivity contribution in [1.82, 2.24) is 23.8 Å². The van der Waals surface area contributed by atoms with Gasteiger partial charge in [-0.25, -0.2) is 18.4 Å². The molecule has 6 rings (SSSR count). The molecule has 0 saturated carbocycles. The highest BCUT2D eigenvalue weighted by Crippen LogP contribution is 2.33. The van der Waals surface area contributed by atoms with E-state index >= 15 is 0 Å². The summed E-state index contributed by atoms with van der Waals surface area (Å²) in [6, 6.07) is 21.2. The number of aromatic nitrogens is 4. The zero-order valence-corrected chi connectivity index (χ0v) is 23.6. The molecule has 9 nitrogen and oxygen atoms in total. The highest BCUT2D eigenvalue weighted by molar-refractivity contribution is 7.89. The molecule has 0 bridgehead atoms. The molecule has 3 heterocycles. The number of nitrogens with one attached hydrogen (secondary N) is 1. The van der Waals surface area contributed by atoms with Crippen LogP contribution in [0.3, 0.4) is 0 Å². The molecule has 1 fully saturated rings. The molecular weight excluding hydrogens is 522 g/mol. The first-order valence-corrected chi connectivity index (χ1v) is 15.0. The lowest BCUT2D eigenvalue weighted by atomic mass is 9.96. The molecule has 1 aliphatic heterocycles. The summed E-state index contributed by atoms with van der Waals surface area (Å²) in [5, 5.41) is 5.05. The Morgan fingerprint density at radius 2 is 1.80 bits per heavy atom. The second-order valence-electron chi connectivity index (χ2n) is 10.5. The van der Waals surface area contributed by atoms with Gasteiger partial charge < -0.3 is 10.2 Å². The SMILES string of the molecule is CN(C)c1cccc2c(S(=O)(=O)N3CCCC(CCNc4nccc(-n5cnc6ccccc65)n4)C3)cccc12. The second kappa shape index (κ2) is 10.9. The molecule has 40 heavy (non-hydrogen) atoms. The van der Waals surface area contributed by atoms with Crippen molar-refractivity contribution in [3.8, 4) is 5.82 Å². The van der Waals surface area contributed by atoms with Crippen molar-refractivity contribution in [2.45, 2.75) is 24.2 Å². The first-order chi connectivity index (χ1) is 19.4.